The molecule has 1 aromatic rings. The van der Waals surface area contributed by atoms with Crippen LogP contribution in [-0.4, -0.2) is 50.2 Å². The lowest BCUT2D eigenvalue weighted by molar-refractivity contribution is -0.149. The summed E-state index contributed by atoms with van der Waals surface area (Å²) in [7, 11) is 1.55. The molecule has 0 radical (unpaired) electrons. The minimum Gasteiger partial charge on any atom is -0.465 e. The fourth-order valence-electron chi connectivity index (χ4n) is 1.85. The Labute approximate surface area is 124 Å². The lowest BCUT2D eigenvalue weighted by atomic mass is 10.1. The van der Waals surface area contributed by atoms with Gasteiger partial charge in [0.25, 0.3) is 0 Å². The van der Waals surface area contributed by atoms with E-state index < -0.39 is 5.97 Å². The molecule has 2 N–H and O–H groups in total. The molecule has 0 aliphatic heterocycles. The quantitative estimate of drug-likeness (QED) is 0.568. The van der Waals surface area contributed by atoms with Gasteiger partial charge in [-0.3, -0.25) is 9.59 Å². The zero-order valence-electron chi connectivity index (χ0n) is 12.5. The number of hydrogen-bond donors (Lipinski definition) is 1. The highest BCUT2D eigenvalue weighted by molar-refractivity contribution is 5.83. The smallest absolute Gasteiger partial charge is 0.325 e. The number of rotatable bonds is 8. The predicted octanol–water partition coefficient (Wildman–Crippen LogP) is 0.849. The molecule has 6 heteroatoms. The van der Waals surface area contributed by atoms with Crippen LogP contribution in [0.5, 0.6) is 0 Å². The third-order valence-corrected chi connectivity index (χ3v) is 2.85. The van der Waals surface area contributed by atoms with Crippen LogP contribution in [0.3, 0.4) is 0 Å². The topological polar surface area (TPSA) is 81.9 Å². The van der Waals surface area contributed by atoms with Gasteiger partial charge in [-0.05, 0) is 24.6 Å². The summed E-state index contributed by atoms with van der Waals surface area (Å²) in [6.07, 6.45) is 0.189. The number of hydrogen-bond acceptors (Lipinski definition) is 5. The van der Waals surface area contributed by atoms with Crippen LogP contribution < -0.4 is 5.73 Å². The third kappa shape index (κ3) is 6.27. The summed E-state index contributed by atoms with van der Waals surface area (Å²) < 4.78 is 9.85. The molecule has 0 fully saturated rings. The second-order valence-electron chi connectivity index (χ2n) is 4.53. The van der Waals surface area contributed by atoms with E-state index in [1.54, 1.807) is 32.2 Å². The molecular formula is C15H22N2O4. The zero-order chi connectivity index (χ0) is 15.7. The Hall–Kier alpha value is -2.08. The number of nitrogen functional groups attached to an aromatic ring is 1. The maximum absolute atomic E-state index is 12.3. The predicted molar refractivity (Wildman–Crippen MR) is 79.6 cm³/mol. The summed E-state index contributed by atoms with van der Waals surface area (Å²) >= 11 is 0. The molecular weight excluding hydrogens is 272 g/mol. The molecule has 0 atom stereocenters. The second-order valence-corrected chi connectivity index (χ2v) is 4.53. The first-order valence-electron chi connectivity index (χ1n) is 6.83. The van der Waals surface area contributed by atoms with E-state index in [0.717, 1.165) is 5.56 Å². The first-order valence-corrected chi connectivity index (χ1v) is 6.83. The van der Waals surface area contributed by atoms with E-state index in [4.69, 9.17) is 15.2 Å². The van der Waals surface area contributed by atoms with E-state index in [0.29, 0.717) is 25.4 Å². The van der Waals surface area contributed by atoms with Crippen LogP contribution in [0.15, 0.2) is 24.3 Å². The SMILES string of the molecule is CCOC(=O)CN(CCOC)C(=O)Cc1cccc(N)c1. The molecule has 1 rings (SSSR count). The molecule has 116 valence electrons. The summed E-state index contributed by atoms with van der Waals surface area (Å²) in [4.78, 5) is 25.3. The molecule has 0 aliphatic rings. The largest absolute Gasteiger partial charge is 0.465 e. The Balaban J connectivity index is 2.67. The van der Waals surface area contributed by atoms with Gasteiger partial charge in [0.05, 0.1) is 19.6 Å². The lowest BCUT2D eigenvalue weighted by Crippen LogP contribution is -2.39. The molecule has 21 heavy (non-hydrogen) atoms. The molecule has 0 aromatic heterocycles. The number of esters is 1. The highest BCUT2D eigenvalue weighted by Crippen LogP contribution is 2.09. The zero-order valence-corrected chi connectivity index (χ0v) is 12.5. The number of anilines is 1. The van der Waals surface area contributed by atoms with Crippen molar-refractivity contribution in [3.63, 3.8) is 0 Å². The minimum atomic E-state index is -0.422. The van der Waals surface area contributed by atoms with E-state index in [9.17, 15) is 9.59 Å². The van der Waals surface area contributed by atoms with Crippen molar-refractivity contribution in [2.24, 2.45) is 0 Å². The highest BCUT2D eigenvalue weighted by Gasteiger charge is 2.18. The first-order chi connectivity index (χ1) is 10.1. The lowest BCUT2D eigenvalue weighted by Gasteiger charge is -2.21. The van der Waals surface area contributed by atoms with Gasteiger partial charge in [0.15, 0.2) is 0 Å². The number of nitrogens with two attached hydrogens (primary N) is 1. The van der Waals surface area contributed by atoms with Crippen LogP contribution in [-0.2, 0) is 25.5 Å². The van der Waals surface area contributed by atoms with E-state index in [1.165, 1.54) is 4.90 Å². The second kappa shape index (κ2) is 8.97. The van der Waals surface area contributed by atoms with Crippen molar-refractivity contribution in [3.8, 4) is 0 Å². The molecule has 1 amide bonds. The number of benzene rings is 1. The van der Waals surface area contributed by atoms with Crippen LogP contribution in [0.25, 0.3) is 0 Å². The first kappa shape index (κ1) is 17.0. The van der Waals surface area contributed by atoms with Gasteiger partial charge in [-0.1, -0.05) is 12.1 Å². The van der Waals surface area contributed by atoms with Crippen molar-refractivity contribution in [3.05, 3.63) is 29.8 Å². The molecule has 0 bridgehead atoms. The van der Waals surface area contributed by atoms with Crippen LogP contribution in [0.2, 0.25) is 0 Å². The normalized spacial score (nSPS) is 10.2. The summed E-state index contributed by atoms with van der Waals surface area (Å²) in [5.41, 5.74) is 7.11. The fourth-order valence-corrected chi connectivity index (χ4v) is 1.85. The van der Waals surface area contributed by atoms with E-state index in [-0.39, 0.29) is 18.9 Å². The van der Waals surface area contributed by atoms with Crippen molar-refractivity contribution >= 4 is 17.6 Å². The molecule has 0 unspecified atom stereocenters. The van der Waals surface area contributed by atoms with Gasteiger partial charge in [0.2, 0.25) is 5.91 Å². The standard InChI is InChI=1S/C15H22N2O4/c1-3-21-15(19)11-17(7-8-20-2)14(18)10-12-5-4-6-13(16)9-12/h4-6,9H,3,7-8,10-11,16H2,1-2H3. The van der Waals surface area contributed by atoms with Gasteiger partial charge in [0, 0.05) is 19.3 Å². The molecule has 0 saturated carbocycles. The number of carbonyl (C=O) groups excluding carboxylic acids is 2. The highest BCUT2D eigenvalue weighted by atomic mass is 16.5. The van der Waals surface area contributed by atoms with Crippen molar-refractivity contribution < 1.29 is 19.1 Å². The number of amides is 1. The fraction of sp³-hybridized carbons (Fsp3) is 0.467. The number of methoxy groups -OCH3 is 1. The summed E-state index contributed by atoms with van der Waals surface area (Å²) in [5.74, 6) is -0.583. The monoisotopic (exact) mass is 294 g/mol. The van der Waals surface area contributed by atoms with E-state index in [1.807, 2.05) is 6.07 Å². The van der Waals surface area contributed by atoms with Crippen LogP contribution in [0.4, 0.5) is 5.69 Å². The van der Waals surface area contributed by atoms with Crippen molar-refractivity contribution in [2.45, 2.75) is 13.3 Å². The molecule has 0 spiro atoms. The Bertz CT molecular complexity index is 476. The number of ether oxygens (including phenoxy) is 2. The van der Waals surface area contributed by atoms with Crippen molar-refractivity contribution in [2.75, 3.05) is 39.1 Å². The Morgan fingerprint density at radius 3 is 2.71 bits per heavy atom. The average Bonchev–Trinajstić information content (AvgIpc) is 2.43. The van der Waals surface area contributed by atoms with E-state index in [2.05, 4.69) is 0 Å². The minimum absolute atomic E-state index is 0.0711. The van der Waals surface area contributed by atoms with Crippen LogP contribution in [0, 0.1) is 0 Å². The summed E-state index contributed by atoms with van der Waals surface area (Å²) in [5, 5.41) is 0. The van der Waals surface area contributed by atoms with Gasteiger partial charge in [-0.25, -0.2) is 0 Å². The van der Waals surface area contributed by atoms with Gasteiger partial charge < -0.3 is 20.1 Å². The molecule has 6 nitrogen and oxygen atoms in total. The maximum Gasteiger partial charge on any atom is 0.325 e. The van der Waals surface area contributed by atoms with Gasteiger partial charge in [0.1, 0.15) is 6.54 Å². The molecule has 0 saturated heterocycles. The van der Waals surface area contributed by atoms with Gasteiger partial charge in [-0.2, -0.15) is 0 Å². The van der Waals surface area contributed by atoms with Crippen molar-refractivity contribution in [1.82, 2.24) is 4.90 Å². The summed E-state index contributed by atoms with van der Waals surface area (Å²) in [6, 6.07) is 7.13. The Morgan fingerprint density at radius 1 is 1.33 bits per heavy atom. The van der Waals surface area contributed by atoms with Crippen LogP contribution in [0.1, 0.15) is 12.5 Å². The number of carbonyl (C=O) groups is 2. The van der Waals surface area contributed by atoms with E-state index >= 15 is 0 Å². The number of nitrogens with zero attached hydrogens (tertiary/aromatic N) is 1. The van der Waals surface area contributed by atoms with Gasteiger partial charge in [-0.15, -0.1) is 0 Å². The molecule has 1 aromatic carbocycles. The average molecular weight is 294 g/mol. The van der Waals surface area contributed by atoms with Crippen LogP contribution >= 0.6 is 0 Å². The Kier molecular flexibility index (Phi) is 7.25. The third-order valence-electron chi connectivity index (χ3n) is 2.85. The summed E-state index contributed by atoms with van der Waals surface area (Å²) in [6.45, 7) is 2.66. The molecule has 0 heterocycles. The molecule has 0 aliphatic carbocycles. The maximum atomic E-state index is 12.3. The van der Waals surface area contributed by atoms with Crippen molar-refractivity contribution in [1.29, 1.82) is 0 Å². The van der Waals surface area contributed by atoms with Gasteiger partial charge >= 0.3 is 5.97 Å². The Morgan fingerprint density at radius 2 is 2.10 bits per heavy atom.